The molecule has 4 aliphatic rings. The highest BCUT2D eigenvalue weighted by Gasteiger charge is 2.56. The number of fused-ring (bicyclic) bond motifs is 2. The molecule has 2 aliphatic heterocycles. The SMILES string of the molecule is O=C1Nc2c(ccc(F)c2F)C1(c1ccc(OS(=O)(=O)Oc2ccc(C3(C4CCCCC4)C(=O)Nc4c3ccc(F)c4F)cc2)cc1)C1CCCCC1. The Labute approximate surface area is 304 Å². The van der Waals surface area contributed by atoms with Gasteiger partial charge in [0.05, 0.1) is 11.4 Å². The largest absolute Gasteiger partial charge is 0.500 e. The van der Waals surface area contributed by atoms with E-state index in [0.29, 0.717) is 47.9 Å². The maximum absolute atomic E-state index is 14.9. The summed E-state index contributed by atoms with van der Waals surface area (Å²) >= 11 is 0. The number of rotatable bonds is 8. The quantitative estimate of drug-likeness (QED) is 0.175. The lowest BCUT2D eigenvalue weighted by atomic mass is 9.62. The summed E-state index contributed by atoms with van der Waals surface area (Å²) in [6.45, 7) is 0. The molecule has 2 heterocycles. The van der Waals surface area contributed by atoms with Gasteiger partial charge in [0.25, 0.3) is 0 Å². The van der Waals surface area contributed by atoms with Crippen molar-refractivity contribution in [2.24, 2.45) is 11.8 Å². The lowest BCUT2D eigenvalue weighted by molar-refractivity contribution is -0.122. The second-order valence-corrected chi connectivity index (χ2v) is 15.5. The fraction of sp³-hybridized carbons (Fsp3) is 0.350. The molecule has 2 saturated carbocycles. The van der Waals surface area contributed by atoms with Gasteiger partial charge in [-0.25, -0.2) is 17.6 Å². The summed E-state index contributed by atoms with van der Waals surface area (Å²) in [7, 11) is -4.70. The highest BCUT2D eigenvalue weighted by Crippen LogP contribution is 2.54. The van der Waals surface area contributed by atoms with Gasteiger partial charge >= 0.3 is 10.4 Å². The first-order valence-corrected chi connectivity index (χ1v) is 19.2. The second kappa shape index (κ2) is 13.2. The van der Waals surface area contributed by atoms with Crippen LogP contribution in [0.4, 0.5) is 28.9 Å². The van der Waals surface area contributed by atoms with Crippen LogP contribution in [0.5, 0.6) is 11.5 Å². The fourth-order valence-electron chi connectivity index (χ4n) is 9.40. The third-order valence-electron chi connectivity index (χ3n) is 11.7. The summed E-state index contributed by atoms with van der Waals surface area (Å²) in [6.07, 6.45) is 8.26. The Hall–Kier alpha value is -4.91. The maximum Gasteiger partial charge on any atom is 0.500 e. The van der Waals surface area contributed by atoms with E-state index in [1.54, 1.807) is 24.3 Å². The predicted octanol–water partition coefficient (Wildman–Crippen LogP) is 8.58. The van der Waals surface area contributed by atoms with Gasteiger partial charge in [0.2, 0.25) is 11.8 Å². The van der Waals surface area contributed by atoms with Crippen LogP contribution in [0.15, 0.2) is 72.8 Å². The van der Waals surface area contributed by atoms with Crippen LogP contribution in [0.2, 0.25) is 0 Å². The van der Waals surface area contributed by atoms with Crippen molar-refractivity contribution in [3.63, 3.8) is 0 Å². The molecule has 0 aromatic heterocycles. The number of hydrogen-bond donors (Lipinski definition) is 2. The summed E-state index contributed by atoms with van der Waals surface area (Å²) in [4.78, 5) is 27.5. The van der Waals surface area contributed by atoms with Crippen molar-refractivity contribution < 1.29 is 43.9 Å². The number of halogens is 4. The molecule has 0 bridgehead atoms. The summed E-state index contributed by atoms with van der Waals surface area (Å²) in [6, 6.07) is 16.6. The first-order valence-electron chi connectivity index (χ1n) is 17.9. The van der Waals surface area contributed by atoms with E-state index < -0.39 is 56.3 Å². The molecular weight excluding hydrogens is 713 g/mol. The van der Waals surface area contributed by atoms with E-state index in [2.05, 4.69) is 10.6 Å². The standard InChI is InChI=1S/C40H36F4N2O6S/c41-31-21-19-29-35(33(31)43)45-37(47)39(29,23-7-3-1-4-8-23)25-11-15-27(16-12-25)51-53(49,50)52-28-17-13-26(14-18-28)40(24-9-5-2-6-10-24)30-20-22-32(42)34(44)36(30)46-38(40)48/h11-24H,1-10H2,(H,45,47)(H,46,48). The number of hydrogen-bond acceptors (Lipinski definition) is 6. The van der Waals surface area contributed by atoms with E-state index >= 15 is 0 Å². The van der Waals surface area contributed by atoms with Gasteiger partial charge in [0.1, 0.15) is 22.3 Å². The molecule has 8 rings (SSSR count). The molecule has 2 N–H and O–H groups in total. The van der Waals surface area contributed by atoms with Crippen molar-refractivity contribution in [1.82, 2.24) is 0 Å². The van der Waals surface area contributed by atoms with Gasteiger partial charge < -0.3 is 19.0 Å². The van der Waals surface area contributed by atoms with Crippen molar-refractivity contribution in [1.29, 1.82) is 0 Å². The summed E-state index contributed by atoms with van der Waals surface area (Å²) < 4.78 is 95.0. The number of carbonyl (C=O) groups is 2. The zero-order valence-corrected chi connectivity index (χ0v) is 29.3. The molecule has 276 valence electrons. The maximum atomic E-state index is 14.9. The lowest BCUT2D eigenvalue weighted by Gasteiger charge is -2.39. The van der Waals surface area contributed by atoms with Crippen LogP contribution in [0.1, 0.15) is 86.5 Å². The van der Waals surface area contributed by atoms with Crippen LogP contribution in [0.25, 0.3) is 0 Å². The Bertz CT molecular complexity index is 2070. The number of anilines is 2. The normalized spacial score (nSPS) is 23.2. The van der Waals surface area contributed by atoms with Gasteiger partial charge in [0, 0.05) is 0 Å². The molecule has 0 spiro atoms. The van der Waals surface area contributed by atoms with Crippen LogP contribution < -0.4 is 19.0 Å². The fourth-order valence-corrected chi connectivity index (χ4v) is 10.1. The van der Waals surface area contributed by atoms with Crippen molar-refractivity contribution in [3.8, 4) is 11.5 Å². The van der Waals surface area contributed by atoms with E-state index in [9.17, 15) is 35.6 Å². The van der Waals surface area contributed by atoms with Crippen LogP contribution in [-0.2, 0) is 30.8 Å². The number of amides is 2. The second-order valence-electron chi connectivity index (χ2n) is 14.4. The van der Waals surface area contributed by atoms with Gasteiger partial charge in [-0.15, -0.1) is 8.42 Å². The lowest BCUT2D eigenvalue weighted by Crippen LogP contribution is -2.43. The van der Waals surface area contributed by atoms with Gasteiger partial charge in [0.15, 0.2) is 23.3 Å². The molecule has 13 heteroatoms. The highest BCUT2D eigenvalue weighted by atomic mass is 32.3. The average molecular weight is 749 g/mol. The molecule has 53 heavy (non-hydrogen) atoms. The Morgan fingerprint density at radius 3 is 1.25 bits per heavy atom. The van der Waals surface area contributed by atoms with E-state index in [1.165, 1.54) is 36.4 Å². The van der Waals surface area contributed by atoms with Crippen molar-refractivity contribution in [2.75, 3.05) is 10.6 Å². The zero-order valence-electron chi connectivity index (χ0n) is 28.5. The van der Waals surface area contributed by atoms with Crippen molar-refractivity contribution in [3.05, 3.63) is 118 Å². The third-order valence-corrected chi connectivity index (χ3v) is 12.5. The number of benzene rings is 4. The van der Waals surface area contributed by atoms with Crippen LogP contribution in [0.3, 0.4) is 0 Å². The van der Waals surface area contributed by atoms with Gasteiger partial charge in [-0.3, -0.25) is 9.59 Å². The van der Waals surface area contributed by atoms with Crippen LogP contribution >= 0.6 is 0 Å². The van der Waals surface area contributed by atoms with Crippen molar-refractivity contribution in [2.45, 2.75) is 75.0 Å². The first-order chi connectivity index (χ1) is 25.5. The minimum atomic E-state index is -4.70. The molecular formula is C40H36F4N2O6S. The van der Waals surface area contributed by atoms with E-state index in [0.717, 1.165) is 50.7 Å². The molecule has 2 unspecified atom stereocenters. The van der Waals surface area contributed by atoms with Gasteiger partial charge in [-0.1, -0.05) is 74.9 Å². The van der Waals surface area contributed by atoms with Gasteiger partial charge in [-0.05, 0) is 96.2 Å². The molecule has 4 aromatic carbocycles. The average Bonchev–Trinajstić information content (AvgIpc) is 3.64. The Morgan fingerprint density at radius 1 is 0.528 bits per heavy atom. The molecule has 0 radical (unpaired) electrons. The monoisotopic (exact) mass is 748 g/mol. The minimum absolute atomic E-state index is 0.113. The Morgan fingerprint density at radius 2 is 0.887 bits per heavy atom. The number of nitrogens with one attached hydrogen (secondary N) is 2. The van der Waals surface area contributed by atoms with Gasteiger partial charge in [-0.2, -0.15) is 0 Å². The minimum Gasteiger partial charge on any atom is -0.353 e. The number of carbonyl (C=O) groups excluding carboxylic acids is 2. The third kappa shape index (κ3) is 5.57. The molecule has 2 amide bonds. The molecule has 8 nitrogen and oxygen atoms in total. The summed E-state index contributed by atoms with van der Waals surface area (Å²) in [5.74, 6) is -5.98. The smallest absolute Gasteiger partial charge is 0.353 e. The molecule has 2 fully saturated rings. The topological polar surface area (TPSA) is 111 Å². The molecule has 2 aliphatic carbocycles. The zero-order chi connectivity index (χ0) is 37.1. The van der Waals surface area contributed by atoms with E-state index in [-0.39, 0.29) is 34.7 Å². The highest BCUT2D eigenvalue weighted by molar-refractivity contribution is 7.82. The Balaban J connectivity index is 1.06. The molecule has 4 aromatic rings. The van der Waals surface area contributed by atoms with Crippen LogP contribution in [0, 0.1) is 35.1 Å². The molecule has 0 saturated heterocycles. The van der Waals surface area contributed by atoms with Crippen LogP contribution in [-0.4, -0.2) is 20.2 Å². The summed E-state index contributed by atoms with van der Waals surface area (Å²) in [5, 5.41) is 5.15. The first kappa shape index (κ1) is 35.1. The van der Waals surface area contributed by atoms with E-state index in [4.69, 9.17) is 8.37 Å². The molecule has 2 atom stereocenters. The Kier molecular flexibility index (Phi) is 8.74. The van der Waals surface area contributed by atoms with Crippen molar-refractivity contribution >= 4 is 33.6 Å². The summed E-state index contributed by atoms with van der Waals surface area (Å²) in [5.41, 5.74) is -1.36. The van der Waals surface area contributed by atoms with E-state index in [1.807, 2.05) is 0 Å². The predicted molar refractivity (Wildman–Crippen MR) is 188 cm³/mol.